The number of halogens is 2. The lowest BCUT2D eigenvalue weighted by molar-refractivity contribution is 0.607. The minimum Gasteiger partial charge on any atom is -0.370 e. The molecule has 0 bridgehead atoms. The molecule has 0 aromatic heterocycles. The van der Waals surface area contributed by atoms with Gasteiger partial charge in [-0.25, -0.2) is 4.39 Å². The molecule has 0 heterocycles. The predicted octanol–water partition coefficient (Wildman–Crippen LogP) is 3.83. The first-order valence-electron chi connectivity index (χ1n) is 6.49. The fourth-order valence-corrected chi connectivity index (χ4v) is 2.42. The van der Waals surface area contributed by atoms with Gasteiger partial charge in [-0.2, -0.15) is 0 Å². The smallest absolute Gasteiger partial charge is 0.128 e. The molecule has 0 aliphatic rings. The third kappa shape index (κ3) is 3.50. The molecule has 2 rings (SSSR count). The van der Waals surface area contributed by atoms with Crippen LogP contribution < -0.4 is 10.2 Å². The molecule has 0 fully saturated rings. The fraction of sp³-hybridized carbons (Fsp3) is 0.250. The summed E-state index contributed by atoms with van der Waals surface area (Å²) >= 11 is 6.04. The average Bonchev–Trinajstić information content (AvgIpc) is 2.42. The molecule has 0 aliphatic heterocycles. The minimum atomic E-state index is -0.177. The topological polar surface area (TPSA) is 15.3 Å². The Morgan fingerprint density at radius 1 is 1.15 bits per heavy atom. The summed E-state index contributed by atoms with van der Waals surface area (Å²) < 4.78 is 13.7. The maximum Gasteiger partial charge on any atom is 0.128 e. The van der Waals surface area contributed by atoms with Gasteiger partial charge in [-0.15, -0.1) is 0 Å². The predicted molar refractivity (Wildman–Crippen MR) is 82.7 cm³/mol. The van der Waals surface area contributed by atoms with Crippen molar-refractivity contribution >= 4 is 17.3 Å². The van der Waals surface area contributed by atoms with Crippen LogP contribution >= 0.6 is 11.6 Å². The van der Waals surface area contributed by atoms with E-state index >= 15 is 0 Å². The van der Waals surface area contributed by atoms with Gasteiger partial charge in [0.2, 0.25) is 0 Å². The van der Waals surface area contributed by atoms with Crippen LogP contribution in [0, 0.1) is 5.82 Å². The number of anilines is 1. The lowest BCUT2D eigenvalue weighted by Crippen LogP contribution is -2.20. The average molecular weight is 293 g/mol. The zero-order chi connectivity index (χ0) is 14.5. The van der Waals surface area contributed by atoms with E-state index in [1.54, 1.807) is 12.1 Å². The molecule has 0 atom stereocenters. The number of rotatable bonds is 5. The van der Waals surface area contributed by atoms with Gasteiger partial charge in [0.15, 0.2) is 0 Å². The molecular formula is C16H18ClFN2. The van der Waals surface area contributed by atoms with Crippen molar-refractivity contribution in [2.75, 3.05) is 19.0 Å². The maximum atomic E-state index is 13.7. The summed E-state index contributed by atoms with van der Waals surface area (Å²) in [5.41, 5.74) is 2.83. The van der Waals surface area contributed by atoms with Crippen LogP contribution in [-0.2, 0) is 13.1 Å². The van der Waals surface area contributed by atoms with Crippen molar-refractivity contribution in [1.82, 2.24) is 5.32 Å². The standard InChI is InChI=1S/C16H18ClFN2/c1-19-10-13-9-14(17)7-8-16(13)20(2)11-12-5-3-4-6-15(12)18/h3-9,19H,10-11H2,1-2H3. The van der Waals surface area contributed by atoms with Crippen molar-refractivity contribution in [3.63, 3.8) is 0 Å². The van der Waals surface area contributed by atoms with Crippen molar-refractivity contribution in [2.45, 2.75) is 13.1 Å². The lowest BCUT2D eigenvalue weighted by atomic mass is 10.1. The molecule has 0 radical (unpaired) electrons. The van der Waals surface area contributed by atoms with Crippen LogP contribution in [0.15, 0.2) is 42.5 Å². The van der Waals surface area contributed by atoms with Crippen LogP contribution in [0.5, 0.6) is 0 Å². The lowest BCUT2D eigenvalue weighted by Gasteiger charge is -2.23. The summed E-state index contributed by atoms with van der Waals surface area (Å²) in [6.45, 7) is 1.24. The van der Waals surface area contributed by atoms with E-state index in [2.05, 4.69) is 5.32 Å². The molecule has 2 aromatic carbocycles. The van der Waals surface area contributed by atoms with Crippen LogP contribution in [0.25, 0.3) is 0 Å². The van der Waals surface area contributed by atoms with Crippen LogP contribution in [0.3, 0.4) is 0 Å². The fourth-order valence-electron chi connectivity index (χ4n) is 2.23. The Labute approximate surface area is 124 Å². The van der Waals surface area contributed by atoms with Gasteiger partial charge in [-0.3, -0.25) is 0 Å². The van der Waals surface area contributed by atoms with Crippen LogP contribution in [0.4, 0.5) is 10.1 Å². The van der Waals surface area contributed by atoms with Gasteiger partial charge in [0.05, 0.1) is 0 Å². The summed E-state index contributed by atoms with van der Waals surface area (Å²) in [7, 11) is 3.84. The second-order valence-corrected chi connectivity index (χ2v) is 5.19. The molecule has 106 valence electrons. The number of hydrogen-bond acceptors (Lipinski definition) is 2. The van der Waals surface area contributed by atoms with Crippen LogP contribution in [0.1, 0.15) is 11.1 Å². The van der Waals surface area contributed by atoms with Gasteiger partial charge in [-0.1, -0.05) is 29.8 Å². The highest BCUT2D eigenvalue weighted by atomic mass is 35.5. The largest absolute Gasteiger partial charge is 0.370 e. The molecule has 2 nitrogen and oxygen atoms in total. The molecule has 0 spiro atoms. The minimum absolute atomic E-state index is 0.177. The highest BCUT2D eigenvalue weighted by molar-refractivity contribution is 6.30. The summed E-state index contributed by atoms with van der Waals surface area (Å²) in [5, 5.41) is 3.83. The SMILES string of the molecule is CNCc1cc(Cl)ccc1N(C)Cc1ccccc1F. The van der Waals surface area contributed by atoms with Gasteiger partial charge in [0.25, 0.3) is 0 Å². The molecule has 20 heavy (non-hydrogen) atoms. The molecule has 0 amide bonds. The molecule has 4 heteroatoms. The van der Waals surface area contributed by atoms with E-state index in [1.165, 1.54) is 6.07 Å². The van der Waals surface area contributed by atoms with Crippen LogP contribution in [-0.4, -0.2) is 14.1 Å². The molecule has 0 saturated heterocycles. The molecule has 1 N–H and O–H groups in total. The Morgan fingerprint density at radius 2 is 1.90 bits per heavy atom. The van der Waals surface area contributed by atoms with E-state index in [4.69, 9.17) is 11.6 Å². The van der Waals surface area contributed by atoms with Gasteiger partial charge in [0, 0.05) is 36.4 Å². The van der Waals surface area contributed by atoms with Gasteiger partial charge < -0.3 is 10.2 Å². The summed E-state index contributed by atoms with van der Waals surface area (Å²) in [6.07, 6.45) is 0. The molecule has 2 aromatic rings. The number of hydrogen-bond donors (Lipinski definition) is 1. The number of benzene rings is 2. The Bertz CT molecular complexity index is 586. The zero-order valence-electron chi connectivity index (χ0n) is 11.7. The van der Waals surface area contributed by atoms with Crippen molar-refractivity contribution < 1.29 is 4.39 Å². The van der Waals surface area contributed by atoms with Crippen molar-refractivity contribution in [3.8, 4) is 0 Å². The molecule has 0 aliphatic carbocycles. The molecule has 0 saturated carbocycles. The first kappa shape index (κ1) is 14.8. The first-order chi connectivity index (χ1) is 9.61. The van der Waals surface area contributed by atoms with Crippen molar-refractivity contribution in [1.29, 1.82) is 0 Å². The Hall–Kier alpha value is -1.58. The highest BCUT2D eigenvalue weighted by Crippen LogP contribution is 2.25. The highest BCUT2D eigenvalue weighted by Gasteiger charge is 2.10. The van der Waals surface area contributed by atoms with Gasteiger partial charge in [-0.05, 0) is 36.9 Å². The maximum absolute atomic E-state index is 13.7. The molecule has 0 unspecified atom stereocenters. The van der Waals surface area contributed by atoms with E-state index in [0.29, 0.717) is 17.1 Å². The number of nitrogens with one attached hydrogen (secondary N) is 1. The Balaban J connectivity index is 2.25. The van der Waals surface area contributed by atoms with Gasteiger partial charge >= 0.3 is 0 Å². The zero-order valence-corrected chi connectivity index (χ0v) is 12.4. The second-order valence-electron chi connectivity index (χ2n) is 4.75. The van der Waals surface area contributed by atoms with E-state index in [-0.39, 0.29) is 5.82 Å². The third-order valence-corrected chi connectivity index (χ3v) is 3.42. The summed E-state index contributed by atoms with van der Waals surface area (Å²) in [6, 6.07) is 12.6. The summed E-state index contributed by atoms with van der Waals surface area (Å²) in [5.74, 6) is -0.177. The Morgan fingerprint density at radius 3 is 2.60 bits per heavy atom. The summed E-state index contributed by atoms with van der Waals surface area (Å²) in [4.78, 5) is 2.03. The van der Waals surface area contributed by atoms with Crippen LogP contribution in [0.2, 0.25) is 5.02 Å². The van der Waals surface area contributed by atoms with E-state index < -0.39 is 0 Å². The van der Waals surface area contributed by atoms with E-state index in [1.807, 2.05) is 43.3 Å². The van der Waals surface area contributed by atoms with Crippen molar-refractivity contribution in [3.05, 3.63) is 64.4 Å². The van der Waals surface area contributed by atoms with Crippen molar-refractivity contribution in [2.24, 2.45) is 0 Å². The first-order valence-corrected chi connectivity index (χ1v) is 6.87. The normalized spacial score (nSPS) is 10.6. The second kappa shape index (κ2) is 6.73. The Kier molecular flexibility index (Phi) is 4.99. The monoisotopic (exact) mass is 292 g/mol. The third-order valence-electron chi connectivity index (χ3n) is 3.19. The van der Waals surface area contributed by atoms with Gasteiger partial charge in [0.1, 0.15) is 5.82 Å². The number of nitrogens with zero attached hydrogens (tertiary/aromatic N) is 1. The molecular weight excluding hydrogens is 275 g/mol. The van der Waals surface area contributed by atoms with E-state index in [9.17, 15) is 4.39 Å². The van der Waals surface area contributed by atoms with E-state index in [0.717, 1.165) is 17.8 Å². The quantitative estimate of drug-likeness (QED) is 0.901.